The molecule has 0 unspecified atom stereocenters. The summed E-state index contributed by atoms with van der Waals surface area (Å²) in [5, 5.41) is 0. The van der Waals surface area contributed by atoms with Gasteiger partial charge >= 0.3 is 88.3 Å². The van der Waals surface area contributed by atoms with Crippen LogP contribution in [-0.4, -0.2) is 58.8 Å². The van der Waals surface area contributed by atoms with Gasteiger partial charge < -0.3 is 40.8 Å². The van der Waals surface area contributed by atoms with E-state index in [0.717, 1.165) is 7.11 Å². The average Bonchev–Trinajstić information content (AvgIpc) is 1.59. The van der Waals surface area contributed by atoms with Crippen LogP contribution in [0.2, 0.25) is 0 Å². The van der Waals surface area contributed by atoms with Gasteiger partial charge in [0.1, 0.15) is 0 Å². The van der Waals surface area contributed by atoms with Crippen molar-refractivity contribution in [2.75, 3.05) is 7.11 Å². The molecule has 0 bridgehead atoms. The van der Waals surface area contributed by atoms with E-state index >= 15 is 0 Å². The molecule has 0 saturated heterocycles. The largest absolute Gasteiger partial charge is 1.00 e. The van der Waals surface area contributed by atoms with Gasteiger partial charge in [-0.3, -0.25) is 0 Å². The maximum Gasteiger partial charge on any atom is 1.00 e. The number of hydrogen-bond donors (Lipinski definition) is 7. The van der Waals surface area contributed by atoms with Crippen LogP contribution in [0.4, 0.5) is 0 Å². The van der Waals surface area contributed by atoms with Gasteiger partial charge in [0.15, 0.2) is 0 Å². The molecule has 0 aliphatic rings. The average molecular weight is 254 g/mol. The molecule has 0 rings (SSSR count). The molecule has 0 aliphatic heterocycles. The van der Waals surface area contributed by atoms with Crippen LogP contribution in [0.3, 0.4) is 0 Å². The van der Waals surface area contributed by atoms with E-state index < -0.39 is 18.1 Å². The van der Waals surface area contributed by atoms with E-state index in [9.17, 15) is 0 Å². The van der Waals surface area contributed by atoms with Crippen LogP contribution in [-0.2, 0) is 4.43 Å². The Morgan fingerprint density at radius 3 is 1.00 bits per heavy atom. The Kier molecular flexibility index (Phi) is 20.5. The van der Waals surface area contributed by atoms with Crippen LogP contribution in [0.5, 0.6) is 0 Å². The fourth-order valence-electron chi connectivity index (χ4n) is 0. The van der Waals surface area contributed by atoms with Crippen LogP contribution >= 0.6 is 0 Å². The summed E-state index contributed by atoms with van der Waals surface area (Å²) in [4.78, 5) is 52.9. The van der Waals surface area contributed by atoms with Crippen molar-refractivity contribution in [3.63, 3.8) is 0 Å². The molecule has 0 heterocycles. The summed E-state index contributed by atoms with van der Waals surface area (Å²) in [5.41, 5.74) is 0. The third kappa shape index (κ3) is 76.5. The van der Waals surface area contributed by atoms with Crippen molar-refractivity contribution < 1.29 is 111 Å². The second-order valence-corrected chi connectivity index (χ2v) is 4.13. The number of hydrogen-bond acceptors (Lipinski definition) is 8. The molecule has 74 valence electrons. The maximum atomic E-state index is 7.85. The van der Waals surface area contributed by atoms with E-state index in [4.69, 9.17) is 33.6 Å². The predicted octanol–water partition coefficient (Wildman–Crippen LogP) is -10.3. The van der Waals surface area contributed by atoms with Gasteiger partial charge in [0, 0.05) is 7.11 Å². The minimum absolute atomic E-state index is 0. The summed E-state index contributed by atoms with van der Waals surface area (Å²) in [6.45, 7) is 0. The van der Waals surface area contributed by atoms with Crippen molar-refractivity contribution in [1.82, 2.24) is 0 Å². The topological polar surface area (TPSA) is 151 Å². The van der Waals surface area contributed by atoms with Crippen molar-refractivity contribution in [1.29, 1.82) is 0 Å². The van der Waals surface area contributed by atoms with Gasteiger partial charge in [-0.15, -0.1) is 0 Å². The Morgan fingerprint density at radius 2 is 1.00 bits per heavy atom. The molecule has 12 heteroatoms. The van der Waals surface area contributed by atoms with Crippen LogP contribution in [0.15, 0.2) is 0 Å². The second kappa shape index (κ2) is 10.9. The van der Waals surface area contributed by atoms with Crippen LogP contribution in [0.1, 0.15) is 2.85 Å². The van der Waals surface area contributed by atoms with E-state index in [-0.39, 0.29) is 73.1 Å². The van der Waals surface area contributed by atoms with Gasteiger partial charge in [0.25, 0.3) is 0 Å². The molecular weight excluding hydrogens is 242 g/mol. The molecule has 0 aromatic heterocycles. The zero-order chi connectivity index (χ0) is 9.71. The minimum Gasteiger partial charge on any atom is -1.00 e. The van der Waals surface area contributed by atoms with Crippen LogP contribution in [0.25, 0.3) is 0 Å². The molecule has 0 aromatic carbocycles. The molecule has 0 amide bonds. The SMILES string of the molecule is CO[Si](O)(O)O.O[Si](O)(O)O.[H-].[H-].[K+].[Li+]. The minimum atomic E-state index is -4.61. The van der Waals surface area contributed by atoms with Crippen molar-refractivity contribution in [2.24, 2.45) is 0 Å². The quantitative estimate of drug-likeness (QED) is 0.228. The maximum absolute atomic E-state index is 7.85. The zero-order valence-electron chi connectivity index (χ0n) is 9.54. The van der Waals surface area contributed by atoms with Gasteiger partial charge in [-0.2, -0.15) is 0 Å². The van der Waals surface area contributed by atoms with E-state index in [1.807, 2.05) is 0 Å². The molecule has 0 spiro atoms. The van der Waals surface area contributed by atoms with Gasteiger partial charge in [-0.25, -0.2) is 0 Å². The normalized spacial score (nSPS) is 10.2. The van der Waals surface area contributed by atoms with E-state index in [0.29, 0.717) is 0 Å². The Labute approximate surface area is 134 Å². The molecule has 0 aliphatic carbocycles. The Hall–Kier alpha value is 2.35. The fraction of sp³-hybridized carbons (Fsp3) is 1.00. The molecule has 0 radical (unpaired) electrons. The van der Waals surface area contributed by atoms with Crippen molar-refractivity contribution >= 4 is 18.1 Å². The summed E-state index contributed by atoms with van der Waals surface area (Å²) in [5.74, 6) is 0. The van der Waals surface area contributed by atoms with E-state index in [1.165, 1.54) is 0 Å². The van der Waals surface area contributed by atoms with Gasteiger partial charge in [-0.05, 0) is 0 Å². The summed E-state index contributed by atoms with van der Waals surface area (Å²) in [6, 6.07) is 0. The van der Waals surface area contributed by atoms with Gasteiger partial charge in [0.2, 0.25) is 0 Å². The van der Waals surface area contributed by atoms with E-state index in [2.05, 4.69) is 4.43 Å². The smallest absolute Gasteiger partial charge is 1.00 e. The molecule has 0 aromatic rings. The zero-order valence-corrected chi connectivity index (χ0v) is 12.7. The van der Waals surface area contributed by atoms with Crippen molar-refractivity contribution in [2.45, 2.75) is 0 Å². The summed E-state index contributed by atoms with van der Waals surface area (Å²) in [7, 11) is -7.72. The molecule has 8 nitrogen and oxygen atoms in total. The first-order chi connectivity index (χ1) is 4.56. The summed E-state index contributed by atoms with van der Waals surface area (Å²) in [6.07, 6.45) is 0. The second-order valence-electron chi connectivity index (χ2n) is 1.38. The van der Waals surface area contributed by atoms with Gasteiger partial charge in [0.05, 0.1) is 0 Å². The molecule has 7 N–H and O–H groups in total. The third-order valence-electron chi connectivity index (χ3n) is 0.274. The van der Waals surface area contributed by atoms with Crippen LogP contribution in [0, 0.1) is 0 Å². The first-order valence-corrected chi connectivity index (χ1v) is 5.72. The standard InChI is InChI=1S/CH6O4Si.K.Li.H4O4Si.2H/c1-5-6(2,3)4;;;1-5(2,3)4;;/h2-4H,1H3;;;1-4H;;/q;2*+1;;2*-1. The molecule has 0 fully saturated rings. The molecular formula is CH12KLiO8Si2. The molecule has 0 atom stereocenters. The third-order valence-corrected chi connectivity index (χ3v) is 0.822. The van der Waals surface area contributed by atoms with Crippen molar-refractivity contribution in [3.05, 3.63) is 0 Å². The Morgan fingerprint density at radius 1 is 0.923 bits per heavy atom. The van der Waals surface area contributed by atoms with Crippen LogP contribution < -0.4 is 70.2 Å². The molecule has 13 heavy (non-hydrogen) atoms. The summed E-state index contributed by atoms with van der Waals surface area (Å²) >= 11 is 0. The fourth-order valence-corrected chi connectivity index (χ4v) is 0. The number of rotatable bonds is 1. The first-order valence-electron chi connectivity index (χ1n) is 2.18. The Bertz CT molecular complexity index is 102. The first kappa shape index (κ1) is 24.5. The Balaban J connectivity index is -0.0000000215. The molecule has 0 saturated carbocycles. The predicted molar refractivity (Wildman–Crippen MR) is 36.3 cm³/mol. The summed E-state index contributed by atoms with van der Waals surface area (Å²) < 4.78 is 3.74. The van der Waals surface area contributed by atoms with E-state index in [1.54, 1.807) is 0 Å². The van der Waals surface area contributed by atoms with Gasteiger partial charge in [-0.1, -0.05) is 0 Å². The van der Waals surface area contributed by atoms with Crippen molar-refractivity contribution in [3.8, 4) is 0 Å². The monoisotopic (exact) mass is 254 g/mol.